The standard InChI is InChI=1S/C15H15FN2O3/c1-3-8-21-14(19)12-9(2)17-15(20)18-13(12)10-6-4-5-7-11(10)16/h3-7,12-13H,1-2,8H2,(H2,17,18,20)/t12-,13+/m1/s1. The van der Waals surface area contributed by atoms with Crippen LogP contribution in [-0.4, -0.2) is 18.6 Å². The summed E-state index contributed by atoms with van der Waals surface area (Å²) in [4.78, 5) is 23.7. The third-order valence-electron chi connectivity index (χ3n) is 3.11. The van der Waals surface area contributed by atoms with Crippen LogP contribution in [0.25, 0.3) is 0 Å². The summed E-state index contributed by atoms with van der Waals surface area (Å²) in [5.41, 5.74) is 0.370. The zero-order valence-electron chi connectivity index (χ0n) is 11.3. The molecule has 1 aliphatic heterocycles. The maximum atomic E-state index is 13.9. The number of carbonyl (C=O) groups is 2. The summed E-state index contributed by atoms with van der Waals surface area (Å²) in [6, 6.07) is 4.51. The predicted octanol–water partition coefficient (Wildman–Crippen LogP) is 2.04. The lowest BCUT2D eigenvalue weighted by Crippen LogP contribution is -2.51. The molecule has 0 unspecified atom stereocenters. The summed E-state index contributed by atoms with van der Waals surface area (Å²) < 4.78 is 18.9. The highest BCUT2D eigenvalue weighted by Gasteiger charge is 2.39. The van der Waals surface area contributed by atoms with Crippen molar-refractivity contribution >= 4 is 12.0 Å². The fourth-order valence-electron chi connectivity index (χ4n) is 2.18. The van der Waals surface area contributed by atoms with Gasteiger partial charge in [-0.3, -0.25) is 4.79 Å². The predicted molar refractivity (Wildman–Crippen MR) is 74.6 cm³/mol. The van der Waals surface area contributed by atoms with E-state index in [9.17, 15) is 14.0 Å². The number of benzene rings is 1. The molecule has 1 saturated heterocycles. The van der Waals surface area contributed by atoms with Crippen LogP contribution < -0.4 is 10.6 Å². The minimum atomic E-state index is -0.917. The highest BCUT2D eigenvalue weighted by Crippen LogP contribution is 2.31. The number of esters is 1. The van der Waals surface area contributed by atoms with E-state index in [2.05, 4.69) is 23.8 Å². The lowest BCUT2D eigenvalue weighted by molar-refractivity contribution is -0.147. The van der Waals surface area contributed by atoms with Crippen molar-refractivity contribution in [2.75, 3.05) is 6.61 Å². The molecule has 0 saturated carbocycles. The van der Waals surface area contributed by atoms with Crippen molar-refractivity contribution in [3.8, 4) is 0 Å². The van der Waals surface area contributed by atoms with Gasteiger partial charge in [-0.15, -0.1) is 0 Å². The lowest BCUT2D eigenvalue weighted by atomic mass is 9.89. The molecular formula is C15H15FN2O3. The fraction of sp³-hybridized carbons (Fsp3) is 0.200. The van der Waals surface area contributed by atoms with Crippen molar-refractivity contribution in [1.29, 1.82) is 0 Å². The van der Waals surface area contributed by atoms with Crippen LogP contribution in [0.15, 0.2) is 49.2 Å². The van der Waals surface area contributed by atoms with Crippen LogP contribution in [0.3, 0.4) is 0 Å². The molecule has 0 radical (unpaired) electrons. The lowest BCUT2D eigenvalue weighted by Gasteiger charge is -2.33. The monoisotopic (exact) mass is 290 g/mol. The van der Waals surface area contributed by atoms with Gasteiger partial charge in [0.1, 0.15) is 18.3 Å². The van der Waals surface area contributed by atoms with E-state index in [0.29, 0.717) is 0 Å². The van der Waals surface area contributed by atoms with Gasteiger partial charge >= 0.3 is 12.0 Å². The highest BCUT2D eigenvalue weighted by molar-refractivity contribution is 5.85. The van der Waals surface area contributed by atoms with Crippen molar-refractivity contribution in [2.45, 2.75) is 6.04 Å². The molecule has 0 bridgehead atoms. The van der Waals surface area contributed by atoms with Gasteiger partial charge in [-0.05, 0) is 6.07 Å². The average Bonchev–Trinajstić information content (AvgIpc) is 2.44. The Bertz CT molecular complexity index is 600. The molecule has 1 aliphatic rings. The van der Waals surface area contributed by atoms with Gasteiger partial charge in [0.05, 0.1) is 6.04 Å². The number of ether oxygens (including phenoxy) is 1. The number of hydrogen-bond donors (Lipinski definition) is 2. The van der Waals surface area contributed by atoms with E-state index in [1.165, 1.54) is 24.3 Å². The summed E-state index contributed by atoms with van der Waals surface area (Å²) in [6.07, 6.45) is 1.42. The summed E-state index contributed by atoms with van der Waals surface area (Å²) >= 11 is 0. The third kappa shape index (κ3) is 3.10. The minimum absolute atomic E-state index is 0.0283. The number of rotatable bonds is 4. The SMILES string of the molecule is C=CCOC(=O)[C@@H]1C(=C)NC(=O)N[C@H]1c1ccccc1F. The van der Waals surface area contributed by atoms with Crippen LogP contribution >= 0.6 is 0 Å². The van der Waals surface area contributed by atoms with Gasteiger partial charge in [-0.2, -0.15) is 0 Å². The molecule has 2 atom stereocenters. The van der Waals surface area contributed by atoms with Crippen LogP contribution in [0.2, 0.25) is 0 Å². The second-order valence-corrected chi connectivity index (χ2v) is 4.52. The molecule has 1 heterocycles. The Hall–Kier alpha value is -2.63. The van der Waals surface area contributed by atoms with E-state index in [-0.39, 0.29) is 17.9 Å². The molecule has 2 amide bonds. The Morgan fingerprint density at radius 3 is 2.81 bits per heavy atom. The molecule has 5 nitrogen and oxygen atoms in total. The zero-order chi connectivity index (χ0) is 15.4. The Morgan fingerprint density at radius 2 is 2.14 bits per heavy atom. The Morgan fingerprint density at radius 1 is 1.43 bits per heavy atom. The van der Waals surface area contributed by atoms with Crippen molar-refractivity contribution in [2.24, 2.45) is 5.92 Å². The molecule has 110 valence electrons. The van der Waals surface area contributed by atoms with Crippen molar-refractivity contribution < 1.29 is 18.7 Å². The van der Waals surface area contributed by atoms with Gasteiger partial charge in [0.2, 0.25) is 0 Å². The first kappa shape index (κ1) is 14.8. The topological polar surface area (TPSA) is 67.4 Å². The van der Waals surface area contributed by atoms with Crippen LogP contribution in [0.1, 0.15) is 11.6 Å². The molecule has 0 aliphatic carbocycles. The molecule has 1 aromatic rings. The Balaban J connectivity index is 2.35. The van der Waals surface area contributed by atoms with Gasteiger partial charge in [-0.25, -0.2) is 9.18 Å². The summed E-state index contributed by atoms with van der Waals surface area (Å²) in [6.45, 7) is 7.14. The highest BCUT2D eigenvalue weighted by atomic mass is 19.1. The molecule has 2 N–H and O–H groups in total. The molecule has 21 heavy (non-hydrogen) atoms. The number of carbonyl (C=O) groups excluding carboxylic acids is 2. The van der Waals surface area contributed by atoms with Gasteiger partial charge in [0.25, 0.3) is 0 Å². The van der Waals surface area contributed by atoms with E-state index in [1.807, 2.05) is 0 Å². The van der Waals surface area contributed by atoms with Crippen molar-refractivity contribution in [3.63, 3.8) is 0 Å². The minimum Gasteiger partial charge on any atom is -0.461 e. The fourth-order valence-corrected chi connectivity index (χ4v) is 2.18. The molecule has 6 heteroatoms. The number of nitrogens with one attached hydrogen (secondary N) is 2. The van der Waals surface area contributed by atoms with E-state index in [4.69, 9.17) is 4.74 Å². The number of hydrogen-bond acceptors (Lipinski definition) is 3. The largest absolute Gasteiger partial charge is 0.461 e. The van der Waals surface area contributed by atoms with Crippen LogP contribution in [0, 0.1) is 11.7 Å². The smallest absolute Gasteiger partial charge is 0.319 e. The molecule has 1 aromatic carbocycles. The summed E-state index contributed by atoms with van der Waals surface area (Å²) in [5, 5.41) is 4.95. The number of urea groups is 1. The normalized spacial score (nSPS) is 21.2. The quantitative estimate of drug-likeness (QED) is 0.658. The first-order valence-electron chi connectivity index (χ1n) is 6.33. The van der Waals surface area contributed by atoms with Crippen LogP contribution in [-0.2, 0) is 9.53 Å². The molecule has 0 aromatic heterocycles. The zero-order valence-corrected chi connectivity index (χ0v) is 11.3. The second kappa shape index (κ2) is 6.21. The summed E-state index contributed by atoms with van der Waals surface area (Å²) in [5.74, 6) is -2.04. The van der Waals surface area contributed by atoms with E-state index >= 15 is 0 Å². The molecular weight excluding hydrogens is 275 g/mol. The summed E-state index contributed by atoms with van der Waals surface area (Å²) in [7, 11) is 0. The maximum Gasteiger partial charge on any atom is 0.319 e. The van der Waals surface area contributed by atoms with Gasteiger partial charge in [0.15, 0.2) is 0 Å². The molecule has 0 spiro atoms. The molecule has 1 fully saturated rings. The van der Waals surface area contributed by atoms with Crippen molar-refractivity contribution in [3.05, 3.63) is 60.6 Å². The first-order chi connectivity index (χ1) is 10.0. The van der Waals surface area contributed by atoms with E-state index < -0.39 is 29.8 Å². The maximum absolute atomic E-state index is 13.9. The second-order valence-electron chi connectivity index (χ2n) is 4.52. The van der Waals surface area contributed by atoms with Gasteiger partial charge < -0.3 is 15.4 Å². The van der Waals surface area contributed by atoms with E-state index in [0.717, 1.165) is 0 Å². The molecule has 2 rings (SSSR count). The van der Waals surface area contributed by atoms with Gasteiger partial charge in [-0.1, -0.05) is 37.4 Å². The average molecular weight is 290 g/mol. The Labute approximate surface area is 121 Å². The van der Waals surface area contributed by atoms with Crippen LogP contribution in [0.5, 0.6) is 0 Å². The third-order valence-corrected chi connectivity index (χ3v) is 3.11. The number of amides is 2. The number of halogens is 1. The van der Waals surface area contributed by atoms with Gasteiger partial charge in [0, 0.05) is 11.3 Å². The van der Waals surface area contributed by atoms with E-state index in [1.54, 1.807) is 6.07 Å². The Kier molecular flexibility index (Phi) is 4.37. The van der Waals surface area contributed by atoms with Crippen molar-refractivity contribution in [1.82, 2.24) is 10.6 Å². The van der Waals surface area contributed by atoms with Crippen LogP contribution in [0.4, 0.5) is 9.18 Å². The first-order valence-corrected chi connectivity index (χ1v) is 6.33.